The van der Waals surface area contributed by atoms with E-state index in [4.69, 9.17) is 0 Å². The summed E-state index contributed by atoms with van der Waals surface area (Å²) in [4.78, 5) is 0. The van der Waals surface area contributed by atoms with Gasteiger partial charge in [0.05, 0.1) is 0 Å². The highest BCUT2D eigenvalue weighted by molar-refractivity contribution is 5.57. The minimum atomic E-state index is 0.624. The molecule has 1 nitrogen and oxygen atoms in total. The average Bonchev–Trinajstić information content (AvgIpc) is 2.29. The molecule has 1 heterocycles. The molecule has 72 valence electrons. The third kappa shape index (κ3) is 1.20. The summed E-state index contributed by atoms with van der Waals surface area (Å²) in [6.07, 6.45) is 6.11. The van der Waals surface area contributed by atoms with E-state index in [1.807, 2.05) is 0 Å². The van der Waals surface area contributed by atoms with E-state index >= 15 is 0 Å². The van der Waals surface area contributed by atoms with Gasteiger partial charge in [-0.25, -0.2) is 0 Å². The van der Waals surface area contributed by atoms with Crippen LogP contribution in [0.2, 0.25) is 0 Å². The number of hydrogen-bond acceptors (Lipinski definition) is 1. The van der Waals surface area contributed by atoms with Gasteiger partial charge in [-0.1, -0.05) is 30.3 Å². The molecule has 1 aliphatic heterocycles. The van der Waals surface area contributed by atoms with Crippen molar-refractivity contribution in [1.82, 2.24) is 5.32 Å². The molecule has 1 aromatic rings. The van der Waals surface area contributed by atoms with Gasteiger partial charge in [-0.3, -0.25) is 0 Å². The van der Waals surface area contributed by atoms with Crippen LogP contribution in [0.3, 0.4) is 0 Å². The Morgan fingerprint density at radius 3 is 3.14 bits per heavy atom. The highest BCUT2D eigenvalue weighted by Crippen LogP contribution is 2.19. The lowest BCUT2D eigenvalue weighted by atomic mass is 9.89. The van der Waals surface area contributed by atoms with E-state index in [0.717, 1.165) is 0 Å². The topological polar surface area (TPSA) is 12.0 Å². The first-order valence-electron chi connectivity index (χ1n) is 5.47. The lowest BCUT2D eigenvalue weighted by Gasteiger charge is -2.28. The average molecular weight is 185 g/mol. The molecular weight excluding hydrogens is 170 g/mol. The molecule has 0 saturated carbocycles. The molecule has 14 heavy (non-hydrogen) atoms. The SMILES string of the molecule is C1=c2ccccc2=C2CCCNC2C1. The summed E-state index contributed by atoms with van der Waals surface area (Å²) in [5.41, 5.74) is 1.63. The van der Waals surface area contributed by atoms with Crippen molar-refractivity contribution < 1.29 is 0 Å². The first-order chi connectivity index (χ1) is 6.95. The summed E-state index contributed by atoms with van der Waals surface area (Å²) in [5.74, 6) is 0. The van der Waals surface area contributed by atoms with E-state index in [2.05, 4.69) is 35.7 Å². The Kier molecular flexibility index (Phi) is 1.91. The summed E-state index contributed by atoms with van der Waals surface area (Å²) in [7, 11) is 0. The Labute approximate surface area is 84.1 Å². The molecular formula is C13H15N. The normalized spacial score (nSPS) is 24.9. The van der Waals surface area contributed by atoms with Crippen LogP contribution in [0.4, 0.5) is 0 Å². The van der Waals surface area contributed by atoms with E-state index in [1.54, 1.807) is 5.57 Å². The smallest absolute Gasteiger partial charge is 0.0323 e. The molecule has 0 aromatic heterocycles. The molecule has 1 saturated heterocycles. The second kappa shape index (κ2) is 3.25. The molecule has 1 atom stereocenters. The third-order valence-electron chi connectivity index (χ3n) is 3.31. The molecule has 1 unspecified atom stereocenters. The maximum absolute atomic E-state index is 3.59. The van der Waals surface area contributed by atoms with Crippen molar-refractivity contribution in [3.63, 3.8) is 0 Å². The van der Waals surface area contributed by atoms with Crippen molar-refractivity contribution in [3.05, 3.63) is 34.7 Å². The van der Waals surface area contributed by atoms with Gasteiger partial charge < -0.3 is 5.32 Å². The lowest BCUT2D eigenvalue weighted by molar-refractivity contribution is 0.539. The molecule has 0 amide bonds. The summed E-state index contributed by atoms with van der Waals surface area (Å²) in [6.45, 7) is 1.18. The van der Waals surface area contributed by atoms with Gasteiger partial charge in [0.25, 0.3) is 0 Å². The van der Waals surface area contributed by atoms with Gasteiger partial charge in [0.15, 0.2) is 0 Å². The number of benzene rings is 1. The Hall–Kier alpha value is -1.08. The summed E-state index contributed by atoms with van der Waals surface area (Å²) in [5, 5.41) is 6.51. The van der Waals surface area contributed by atoms with Crippen molar-refractivity contribution in [2.24, 2.45) is 0 Å². The van der Waals surface area contributed by atoms with Gasteiger partial charge in [-0.05, 0) is 41.8 Å². The van der Waals surface area contributed by atoms with E-state index in [1.165, 1.54) is 36.2 Å². The van der Waals surface area contributed by atoms with Gasteiger partial charge in [0, 0.05) is 6.04 Å². The predicted molar refractivity (Wildman–Crippen MR) is 59.2 cm³/mol. The van der Waals surface area contributed by atoms with Crippen LogP contribution in [0.15, 0.2) is 24.3 Å². The fourth-order valence-corrected chi connectivity index (χ4v) is 2.61. The second-order valence-electron chi connectivity index (χ2n) is 4.16. The quantitative estimate of drug-likeness (QED) is 0.629. The van der Waals surface area contributed by atoms with E-state index in [9.17, 15) is 0 Å². The Morgan fingerprint density at radius 1 is 1.21 bits per heavy atom. The first kappa shape index (κ1) is 8.25. The number of hydrogen-bond donors (Lipinski definition) is 1. The molecule has 1 aromatic carbocycles. The molecule has 0 radical (unpaired) electrons. The van der Waals surface area contributed by atoms with Crippen molar-refractivity contribution in [2.75, 3.05) is 6.54 Å². The standard InChI is InChI=1S/C13H15N/c1-2-5-11-10(4-1)7-8-13-12(11)6-3-9-14-13/h1-2,4-5,7,13-14H,3,6,8-9H2. The lowest BCUT2D eigenvalue weighted by Crippen LogP contribution is -2.44. The fraction of sp³-hybridized carbons (Fsp3) is 0.385. The van der Waals surface area contributed by atoms with Crippen molar-refractivity contribution >= 4 is 11.6 Å². The van der Waals surface area contributed by atoms with Crippen LogP contribution in [-0.2, 0) is 0 Å². The van der Waals surface area contributed by atoms with Gasteiger partial charge in [-0.2, -0.15) is 0 Å². The van der Waals surface area contributed by atoms with Crippen LogP contribution < -0.4 is 15.8 Å². The maximum atomic E-state index is 3.59. The molecule has 1 aliphatic carbocycles. The molecule has 1 heteroatoms. The number of fused-ring (bicyclic) bond motifs is 2. The molecule has 3 rings (SSSR count). The molecule has 1 fully saturated rings. The zero-order valence-electron chi connectivity index (χ0n) is 8.29. The predicted octanol–water partition coefficient (Wildman–Crippen LogP) is 0.773. The Morgan fingerprint density at radius 2 is 2.14 bits per heavy atom. The Balaban J connectivity index is 2.27. The van der Waals surface area contributed by atoms with Crippen LogP contribution >= 0.6 is 0 Å². The summed E-state index contributed by atoms with van der Waals surface area (Å²) >= 11 is 0. The van der Waals surface area contributed by atoms with E-state index in [0.29, 0.717) is 6.04 Å². The second-order valence-corrected chi connectivity index (χ2v) is 4.16. The van der Waals surface area contributed by atoms with Crippen LogP contribution in [0, 0.1) is 0 Å². The van der Waals surface area contributed by atoms with Crippen LogP contribution in [0.5, 0.6) is 0 Å². The zero-order chi connectivity index (χ0) is 9.38. The highest BCUT2D eigenvalue weighted by Gasteiger charge is 2.19. The number of nitrogens with one attached hydrogen (secondary N) is 1. The third-order valence-corrected chi connectivity index (χ3v) is 3.31. The van der Waals surface area contributed by atoms with Gasteiger partial charge in [-0.15, -0.1) is 0 Å². The highest BCUT2D eigenvalue weighted by atomic mass is 14.9. The van der Waals surface area contributed by atoms with Crippen LogP contribution in [-0.4, -0.2) is 12.6 Å². The van der Waals surface area contributed by atoms with Gasteiger partial charge >= 0.3 is 0 Å². The van der Waals surface area contributed by atoms with Gasteiger partial charge in [0.2, 0.25) is 0 Å². The number of rotatable bonds is 0. The van der Waals surface area contributed by atoms with Crippen LogP contribution in [0.1, 0.15) is 19.3 Å². The first-order valence-corrected chi connectivity index (χ1v) is 5.47. The van der Waals surface area contributed by atoms with Crippen LogP contribution in [0.25, 0.3) is 11.6 Å². The molecule has 0 bridgehead atoms. The summed E-state index contributed by atoms with van der Waals surface area (Å²) < 4.78 is 0. The number of piperidine rings is 1. The largest absolute Gasteiger partial charge is 0.310 e. The molecule has 1 N–H and O–H groups in total. The monoisotopic (exact) mass is 185 g/mol. The van der Waals surface area contributed by atoms with Gasteiger partial charge in [0.1, 0.15) is 0 Å². The van der Waals surface area contributed by atoms with E-state index in [-0.39, 0.29) is 0 Å². The Bertz CT molecular complexity index is 458. The van der Waals surface area contributed by atoms with Crippen molar-refractivity contribution in [2.45, 2.75) is 25.3 Å². The fourth-order valence-electron chi connectivity index (χ4n) is 2.61. The maximum Gasteiger partial charge on any atom is 0.0323 e. The van der Waals surface area contributed by atoms with Crippen molar-refractivity contribution in [1.29, 1.82) is 0 Å². The van der Waals surface area contributed by atoms with Crippen molar-refractivity contribution in [3.8, 4) is 0 Å². The summed E-state index contributed by atoms with van der Waals surface area (Å²) in [6, 6.07) is 9.40. The molecule has 2 aliphatic rings. The van der Waals surface area contributed by atoms with E-state index < -0.39 is 0 Å². The minimum absolute atomic E-state index is 0.624. The minimum Gasteiger partial charge on any atom is -0.310 e. The molecule has 0 spiro atoms. The zero-order valence-corrected chi connectivity index (χ0v) is 8.29.